The maximum Gasteiger partial charge on any atom is 0.253 e. The number of nitriles is 1. The smallest absolute Gasteiger partial charge is 0.253 e. The van der Waals surface area contributed by atoms with Crippen molar-refractivity contribution in [2.24, 2.45) is 0 Å². The topological polar surface area (TPSA) is 64.4 Å². The molecule has 0 bridgehead atoms. The van der Waals surface area contributed by atoms with Gasteiger partial charge in [-0.2, -0.15) is 5.26 Å². The van der Waals surface area contributed by atoms with Crippen molar-refractivity contribution in [3.63, 3.8) is 0 Å². The molecule has 0 saturated carbocycles. The van der Waals surface area contributed by atoms with Crippen LogP contribution in [-0.4, -0.2) is 47.8 Å². The number of benzene rings is 2. The summed E-state index contributed by atoms with van der Waals surface area (Å²) in [5, 5.41) is 9.04. The van der Waals surface area contributed by atoms with Crippen molar-refractivity contribution < 1.29 is 9.59 Å². The highest BCUT2D eigenvalue weighted by Crippen LogP contribution is 2.23. The Balaban J connectivity index is 1.44. The van der Waals surface area contributed by atoms with E-state index in [0.717, 1.165) is 24.8 Å². The average molecular weight is 373 g/mol. The van der Waals surface area contributed by atoms with Gasteiger partial charge < -0.3 is 9.80 Å². The van der Waals surface area contributed by atoms with Crippen LogP contribution in [0, 0.1) is 11.3 Å². The third-order valence-corrected chi connectivity index (χ3v) is 5.65. The Kier molecular flexibility index (Phi) is 5.12. The number of hydrogen-bond donors (Lipinski definition) is 0. The lowest BCUT2D eigenvalue weighted by molar-refractivity contribution is 0.0718. The maximum atomic E-state index is 13.0. The fraction of sp³-hybridized carbons (Fsp3) is 0.348. The molecule has 0 atom stereocenters. The third-order valence-electron chi connectivity index (χ3n) is 5.65. The Hall–Kier alpha value is -3.13. The Morgan fingerprint density at radius 3 is 2.18 bits per heavy atom. The molecule has 4 rings (SSSR count). The van der Waals surface area contributed by atoms with Crippen LogP contribution in [0.5, 0.6) is 0 Å². The van der Waals surface area contributed by atoms with Crippen LogP contribution in [0.15, 0.2) is 42.5 Å². The minimum atomic E-state index is -0.0797. The lowest BCUT2D eigenvalue weighted by Crippen LogP contribution is -2.37. The highest BCUT2D eigenvalue weighted by molar-refractivity contribution is 5.96. The zero-order valence-electron chi connectivity index (χ0n) is 15.9. The van der Waals surface area contributed by atoms with Gasteiger partial charge in [-0.3, -0.25) is 9.59 Å². The Bertz CT molecular complexity index is 961. The molecule has 1 saturated heterocycles. The molecule has 2 aromatic carbocycles. The van der Waals surface area contributed by atoms with Crippen LogP contribution in [0.4, 0.5) is 0 Å². The molecule has 0 radical (unpaired) electrons. The van der Waals surface area contributed by atoms with Crippen molar-refractivity contribution in [2.75, 3.05) is 26.2 Å². The highest BCUT2D eigenvalue weighted by Gasteiger charge is 2.24. The van der Waals surface area contributed by atoms with E-state index >= 15 is 0 Å². The average Bonchev–Trinajstić information content (AvgIpc) is 3.07. The molecule has 2 aromatic rings. The second kappa shape index (κ2) is 7.85. The monoisotopic (exact) mass is 373 g/mol. The van der Waals surface area contributed by atoms with Gasteiger partial charge in [-0.1, -0.05) is 12.1 Å². The van der Waals surface area contributed by atoms with Crippen molar-refractivity contribution in [2.45, 2.75) is 25.7 Å². The summed E-state index contributed by atoms with van der Waals surface area (Å²) in [6, 6.07) is 14.9. The van der Waals surface area contributed by atoms with Crippen molar-refractivity contribution in [3.05, 3.63) is 70.3 Å². The minimum absolute atomic E-state index is 0.0514. The molecule has 2 aliphatic rings. The van der Waals surface area contributed by atoms with E-state index in [1.165, 1.54) is 17.5 Å². The third kappa shape index (κ3) is 3.63. The largest absolute Gasteiger partial charge is 0.337 e. The summed E-state index contributed by atoms with van der Waals surface area (Å²) in [6.07, 6.45) is 4.08. The fourth-order valence-corrected chi connectivity index (χ4v) is 4.12. The van der Waals surface area contributed by atoms with Crippen molar-refractivity contribution in [1.82, 2.24) is 9.80 Å². The Morgan fingerprint density at radius 1 is 0.786 bits per heavy atom. The summed E-state index contributed by atoms with van der Waals surface area (Å²) in [5.41, 5.74) is 4.42. The lowest BCUT2D eigenvalue weighted by atomic mass is 10.1. The molecular weight excluding hydrogens is 350 g/mol. The van der Waals surface area contributed by atoms with E-state index in [9.17, 15) is 9.59 Å². The van der Waals surface area contributed by atoms with E-state index in [4.69, 9.17) is 5.26 Å². The predicted octanol–water partition coefficient (Wildman–Crippen LogP) is 3.04. The zero-order valence-corrected chi connectivity index (χ0v) is 15.9. The molecule has 28 heavy (non-hydrogen) atoms. The van der Waals surface area contributed by atoms with Crippen molar-refractivity contribution in [3.8, 4) is 6.07 Å². The number of amides is 2. The van der Waals surface area contributed by atoms with E-state index in [2.05, 4.69) is 12.1 Å². The Morgan fingerprint density at radius 2 is 1.46 bits per heavy atom. The van der Waals surface area contributed by atoms with Crippen LogP contribution < -0.4 is 0 Å². The van der Waals surface area contributed by atoms with Gasteiger partial charge in [0.25, 0.3) is 11.8 Å². The van der Waals surface area contributed by atoms with Gasteiger partial charge in [-0.05, 0) is 67.1 Å². The SMILES string of the molecule is N#Cc1cccc(C(=O)N2CCCN(C(=O)c3ccc4c(c3)CCC4)CC2)c1. The maximum absolute atomic E-state index is 13.0. The molecule has 0 N–H and O–H groups in total. The first-order valence-electron chi connectivity index (χ1n) is 9.86. The van der Waals surface area contributed by atoms with Crippen molar-refractivity contribution >= 4 is 11.8 Å². The van der Waals surface area contributed by atoms with Crippen LogP contribution in [0.2, 0.25) is 0 Å². The normalized spacial score (nSPS) is 16.2. The molecule has 5 heteroatoms. The zero-order chi connectivity index (χ0) is 19.5. The fourth-order valence-electron chi connectivity index (χ4n) is 4.12. The number of rotatable bonds is 2. The first-order chi connectivity index (χ1) is 13.7. The van der Waals surface area contributed by atoms with Crippen molar-refractivity contribution in [1.29, 1.82) is 5.26 Å². The van der Waals surface area contributed by atoms with Gasteiger partial charge in [0.1, 0.15) is 0 Å². The van der Waals surface area contributed by atoms with Gasteiger partial charge in [0, 0.05) is 37.3 Å². The number of fused-ring (bicyclic) bond motifs is 1. The van der Waals surface area contributed by atoms with Gasteiger partial charge in [0.2, 0.25) is 0 Å². The van der Waals surface area contributed by atoms with Crippen LogP contribution in [0.3, 0.4) is 0 Å². The summed E-state index contributed by atoms with van der Waals surface area (Å²) in [7, 11) is 0. The summed E-state index contributed by atoms with van der Waals surface area (Å²) >= 11 is 0. The number of aryl methyl sites for hydroxylation is 2. The number of nitrogens with zero attached hydrogens (tertiary/aromatic N) is 3. The standard InChI is InChI=1S/C23H23N3O2/c24-16-17-4-1-7-20(14-17)22(27)25-10-3-11-26(13-12-25)23(28)21-9-8-18-5-2-6-19(18)15-21/h1,4,7-9,14-15H,2-3,5-6,10-13H2. The van der Waals surface area contributed by atoms with Crippen LogP contribution >= 0.6 is 0 Å². The minimum Gasteiger partial charge on any atom is -0.337 e. The van der Waals surface area contributed by atoms with Gasteiger partial charge >= 0.3 is 0 Å². The van der Waals surface area contributed by atoms with Gasteiger partial charge in [0.05, 0.1) is 11.6 Å². The molecule has 1 aliphatic carbocycles. The second-order valence-corrected chi connectivity index (χ2v) is 7.47. The predicted molar refractivity (Wildman–Crippen MR) is 106 cm³/mol. The molecule has 0 spiro atoms. The number of hydrogen-bond acceptors (Lipinski definition) is 3. The molecule has 1 aliphatic heterocycles. The van der Waals surface area contributed by atoms with Crippen LogP contribution in [-0.2, 0) is 12.8 Å². The van der Waals surface area contributed by atoms with Crippen LogP contribution in [0.1, 0.15) is 50.2 Å². The van der Waals surface area contributed by atoms with E-state index in [0.29, 0.717) is 37.3 Å². The molecule has 1 heterocycles. The van der Waals surface area contributed by atoms with Gasteiger partial charge in [0.15, 0.2) is 0 Å². The first kappa shape index (κ1) is 18.2. The molecule has 5 nitrogen and oxygen atoms in total. The summed E-state index contributed by atoms with van der Waals surface area (Å²) < 4.78 is 0. The van der Waals surface area contributed by atoms with E-state index in [-0.39, 0.29) is 11.8 Å². The van der Waals surface area contributed by atoms with Gasteiger partial charge in [-0.15, -0.1) is 0 Å². The molecular formula is C23H23N3O2. The van der Waals surface area contributed by atoms with Crippen LogP contribution in [0.25, 0.3) is 0 Å². The number of carbonyl (C=O) groups excluding carboxylic acids is 2. The molecule has 0 aromatic heterocycles. The number of carbonyl (C=O) groups is 2. The quantitative estimate of drug-likeness (QED) is 0.813. The molecule has 142 valence electrons. The summed E-state index contributed by atoms with van der Waals surface area (Å²) in [4.78, 5) is 29.4. The summed E-state index contributed by atoms with van der Waals surface area (Å²) in [6.45, 7) is 2.30. The van der Waals surface area contributed by atoms with E-state index < -0.39 is 0 Å². The van der Waals surface area contributed by atoms with E-state index in [1.807, 2.05) is 17.0 Å². The van der Waals surface area contributed by atoms with Gasteiger partial charge in [-0.25, -0.2) is 0 Å². The lowest BCUT2D eigenvalue weighted by Gasteiger charge is -2.22. The van der Waals surface area contributed by atoms with E-state index in [1.54, 1.807) is 29.2 Å². The molecule has 0 unspecified atom stereocenters. The molecule has 1 fully saturated rings. The molecule has 2 amide bonds. The highest BCUT2D eigenvalue weighted by atomic mass is 16.2. The second-order valence-electron chi connectivity index (χ2n) is 7.47. The Labute approximate surface area is 165 Å². The summed E-state index contributed by atoms with van der Waals surface area (Å²) in [5.74, 6) is -0.0283. The first-order valence-corrected chi connectivity index (χ1v) is 9.86.